The van der Waals surface area contributed by atoms with Gasteiger partial charge in [0.05, 0.1) is 5.41 Å². The molecule has 0 fully saturated rings. The van der Waals surface area contributed by atoms with E-state index in [4.69, 9.17) is 18.9 Å². The highest BCUT2D eigenvalue weighted by atomic mass is 16.5. The Bertz CT molecular complexity index is 5180. The number of rotatable bonds is 13. The van der Waals surface area contributed by atoms with Crippen LogP contribution in [0.2, 0.25) is 0 Å². The molecule has 4 heteroatoms. The lowest BCUT2D eigenvalue weighted by atomic mass is 9.68. The second-order valence-corrected chi connectivity index (χ2v) is 25.8. The van der Waals surface area contributed by atoms with E-state index in [9.17, 15) is 0 Å². The summed E-state index contributed by atoms with van der Waals surface area (Å²) in [4.78, 5) is 0. The summed E-state index contributed by atoms with van der Waals surface area (Å²) in [7, 11) is 0. The molecule has 0 unspecified atom stereocenters. The van der Waals surface area contributed by atoms with Gasteiger partial charge in [-0.05, 0) is 256 Å². The molecule has 0 N–H and O–H groups in total. The molecule has 14 aromatic rings. The zero-order valence-electron chi connectivity index (χ0n) is 53.9. The van der Waals surface area contributed by atoms with E-state index in [0.29, 0.717) is 0 Å². The summed E-state index contributed by atoms with van der Waals surface area (Å²) in [6.07, 6.45) is 0. The summed E-state index contributed by atoms with van der Waals surface area (Å²) in [5.74, 6) is 6.49. The van der Waals surface area contributed by atoms with Crippen LogP contribution < -0.4 is 18.9 Å². The molecule has 0 bridgehead atoms. The fraction of sp³-hybridized carbons (Fsp3) is 0.136. The molecule has 0 atom stereocenters. The summed E-state index contributed by atoms with van der Waals surface area (Å²) in [5.41, 5.74) is 20.9. The minimum atomic E-state index is -0.610. The summed E-state index contributed by atoms with van der Waals surface area (Å²) >= 11 is 0. The van der Waals surface area contributed by atoms with Gasteiger partial charge in [-0.15, -0.1) is 0 Å². The quantitative estimate of drug-likeness (QED) is 0.115. The van der Waals surface area contributed by atoms with Crippen molar-refractivity contribution >= 4 is 43.1 Å². The maximum absolute atomic E-state index is 7.17. The van der Waals surface area contributed by atoms with Gasteiger partial charge in [0.2, 0.25) is 0 Å². The Morgan fingerprint density at radius 2 is 0.598 bits per heavy atom. The minimum Gasteiger partial charge on any atom is -0.457 e. The van der Waals surface area contributed by atoms with Crippen LogP contribution in [-0.4, -0.2) is 0 Å². The van der Waals surface area contributed by atoms with Crippen LogP contribution in [0.5, 0.6) is 46.0 Å². The van der Waals surface area contributed by atoms with E-state index >= 15 is 0 Å². The number of hydrogen-bond acceptors (Lipinski definition) is 4. The van der Waals surface area contributed by atoms with Crippen molar-refractivity contribution in [1.82, 2.24) is 0 Å². The van der Waals surface area contributed by atoms with Crippen LogP contribution in [0.3, 0.4) is 0 Å². The van der Waals surface area contributed by atoms with Gasteiger partial charge in [-0.2, -0.15) is 0 Å². The van der Waals surface area contributed by atoms with E-state index in [2.05, 4.69) is 324 Å². The molecular formula is C88H72O4. The molecule has 14 aromatic carbocycles. The molecule has 92 heavy (non-hydrogen) atoms. The Morgan fingerprint density at radius 1 is 0.261 bits per heavy atom. The molecule has 448 valence electrons. The second kappa shape index (κ2) is 22.7. The summed E-state index contributed by atoms with van der Waals surface area (Å²) in [6, 6.07) is 91.3. The molecule has 1 aliphatic rings. The van der Waals surface area contributed by atoms with Crippen molar-refractivity contribution in [3.8, 4) is 68.2 Å². The Balaban J connectivity index is 0.720. The average molecular weight is 1190 g/mol. The topological polar surface area (TPSA) is 36.9 Å². The van der Waals surface area contributed by atoms with E-state index < -0.39 is 5.41 Å². The lowest BCUT2D eigenvalue weighted by Crippen LogP contribution is -2.28. The van der Waals surface area contributed by atoms with Gasteiger partial charge in [-0.3, -0.25) is 0 Å². The highest BCUT2D eigenvalue weighted by Crippen LogP contribution is 2.57. The zero-order valence-corrected chi connectivity index (χ0v) is 53.9. The van der Waals surface area contributed by atoms with E-state index in [1.165, 1.54) is 99.4 Å². The number of aryl methyl sites for hydroxylation is 8. The minimum absolute atomic E-state index is 0.270. The highest BCUT2D eigenvalue weighted by molar-refractivity contribution is 6.03. The third-order valence-corrected chi connectivity index (χ3v) is 19.9. The van der Waals surface area contributed by atoms with Gasteiger partial charge in [-0.1, -0.05) is 190 Å². The Kier molecular flexibility index (Phi) is 14.2. The van der Waals surface area contributed by atoms with Crippen LogP contribution >= 0.6 is 0 Å². The van der Waals surface area contributed by atoms with Gasteiger partial charge < -0.3 is 18.9 Å². The van der Waals surface area contributed by atoms with Crippen molar-refractivity contribution in [2.24, 2.45) is 0 Å². The van der Waals surface area contributed by atoms with Crippen LogP contribution in [0.1, 0.15) is 91.7 Å². The predicted molar refractivity (Wildman–Crippen MR) is 382 cm³/mol. The van der Waals surface area contributed by atoms with Crippen LogP contribution in [0, 0.1) is 55.4 Å². The molecule has 0 aliphatic heterocycles. The molecule has 0 amide bonds. The lowest BCUT2D eigenvalue weighted by Gasteiger charge is -2.34. The number of benzene rings is 14. The zero-order chi connectivity index (χ0) is 63.2. The Labute approximate surface area is 539 Å². The first-order chi connectivity index (χ1) is 44.6. The first kappa shape index (κ1) is 57.7. The van der Waals surface area contributed by atoms with Crippen LogP contribution in [0.25, 0.3) is 65.3 Å². The lowest BCUT2D eigenvalue weighted by molar-refractivity contribution is 0.486. The van der Waals surface area contributed by atoms with Gasteiger partial charge in [0.15, 0.2) is 0 Å². The molecule has 15 rings (SSSR count). The van der Waals surface area contributed by atoms with Crippen LogP contribution in [0.4, 0.5) is 0 Å². The van der Waals surface area contributed by atoms with Crippen molar-refractivity contribution in [2.45, 2.75) is 80.1 Å². The molecule has 1 aliphatic carbocycles. The highest BCUT2D eigenvalue weighted by Gasteiger charge is 2.46. The molecule has 0 heterocycles. The Morgan fingerprint density at radius 3 is 1.03 bits per heavy atom. The molecule has 0 aromatic heterocycles. The third kappa shape index (κ3) is 9.58. The van der Waals surface area contributed by atoms with Crippen LogP contribution in [0.15, 0.2) is 255 Å². The summed E-state index contributed by atoms with van der Waals surface area (Å²) < 4.78 is 27.2. The van der Waals surface area contributed by atoms with Gasteiger partial charge in [0.25, 0.3) is 0 Å². The van der Waals surface area contributed by atoms with Gasteiger partial charge in [0, 0.05) is 27.0 Å². The smallest absolute Gasteiger partial charge is 0.135 e. The van der Waals surface area contributed by atoms with Crippen molar-refractivity contribution in [2.75, 3.05) is 0 Å². The van der Waals surface area contributed by atoms with Crippen molar-refractivity contribution < 1.29 is 18.9 Å². The first-order valence-corrected chi connectivity index (χ1v) is 32.0. The maximum atomic E-state index is 7.17. The van der Waals surface area contributed by atoms with Crippen molar-refractivity contribution in [1.29, 1.82) is 0 Å². The molecular weight excluding hydrogens is 1120 g/mol. The van der Waals surface area contributed by atoms with E-state index in [-0.39, 0.29) is 5.41 Å². The van der Waals surface area contributed by atoms with Gasteiger partial charge in [0.1, 0.15) is 46.0 Å². The third-order valence-electron chi connectivity index (χ3n) is 19.9. The summed E-state index contributed by atoms with van der Waals surface area (Å²) in [6.45, 7) is 22.1. The first-order valence-electron chi connectivity index (χ1n) is 32.0. The number of hydrogen-bond donors (Lipinski definition) is 0. The molecule has 0 saturated carbocycles. The Hall–Kier alpha value is -10.7. The molecule has 0 spiro atoms. The molecule has 4 nitrogen and oxygen atoms in total. The van der Waals surface area contributed by atoms with Gasteiger partial charge >= 0.3 is 0 Å². The second-order valence-electron chi connectivity index (χ2n) is 25.8. The standard InChI is InChI=1S/C88H72O4/c1-53-18-15-23-72-79(49-28-56(4)83(53)72)89-65-39-31-61(32-40-65)87(9,10)62-33-41-66(42-34-62)91-81-51-30-58(6)86-59(7)69(47-48-75(81)86)76-52-82(74-25-17-20-55(3)85(74)60(76)8)92-68-45-37-64(38-46-68)88(77-26-13-11-21-70(77)71-22-12-14-27-78(71)88)63-35-43-67(44-36-63)90-80-50-29-57(5)84-54(2)19-16-24-73(80)84/h11-52H,1-10H3. The number of fused-ring (bicyclic) bond motifs is 7. The number of ether oxygens (including phenoxy) is 4. The average Bonchev–Trinajstić information content (AvgIpc) is 1.52. The maximum Gasteiger partial charge on any atom is 0.135 e. The monoisotopic (exact) mass is 1190 g/mol. The van der Waals surface area contributed by atoms with Crippen molar-refractivity contribution in [3.05, 3.63) is 333 Å². The SMILES string of the molecule is Cc1cccc2c(Oc3ccc(C(C)(C)c4ccc(Oc5ccc(C)c6c(C)c(-c7cc(Oc8ccc(C9(c%10ccc(Oc%11ccc(C)c%12c(C)cccc%11%12)cc%10)c%10ccccc%10-c%10ccccc%109)cc8)c8cccc(C)c8c7C)ccc56)cc4)cc3)ccc(C)c12. The fourth-order valence-electron chi connectivity index (χ4n) is 15.2. The normalized spacial score (nSPS) is 12.5. The van der Waals surface area contributed by atoms with E-state index in [1.807, 2.05) is 0 Å². The predicted octanol–water partition coefficient (Wildman–Crippen LogP) is 24.3. The molecule has 0 saturated heterocycles. The van der Waals surface area contributed by atoms with E-state index in [0.717, 1.165) is 89.8 Å². The van der Waals surface area contributed by atoms with E-state index in [1.54, 1.807) is 0 Å². The fourth-order valence-corrected chi connectivity index (χ4v) is 15.2. The van der Waals surface area contributed by atoms with Crippen LogP contribution in [-0.2, 0) is 10.8 Å². The van der Waals surface area contributed by atoms with Gasteiger partial charge in [-0.25, -0.2) is 0 Å². The van der Waals surface area contributed by atoms with Crippen molar-refractivity contribution in [3.63, 3.8) is 0 Å². The molecule has 0 radical (unpaired) electrons. The summed E-state index contributed by atoms with van der Waals surface area (Å²) in [5, 5.41) is 9.25. The largest absolute Gasteiger partial charge is 0.457 e.